The molecule has 0 aliphatic carbocycles. The smallest absolute Gasteiger partial charge is 0.336 e. The number of aromatic nitrogens is 1. The summed E-state index contributed by atoms with van der Waals surface area (Å²) in [5.74, 6) is -1.55. The Balaban J connectivity index is 1.18. The topological polar surface area (TPSA) is 108 Å². The molecular weight excluding hydrogens is 589 g/mol. The summed E-state index contributed by atoms with van der Waals surface area (Å²) in [7, 11) is 0. The van der Waals surface area contributed by atoms with Gasteiger partial charge in [0.2, 0.25) is 5.91 Å². The van der Waals surface area contributed by atoms with Crippen molar-refractivity contribution >= 4 is 85.7 Å². The van der Waals surface area contributed by atoms with Gasteiger partial charge in [0.25, 0.3) is 5.91 Å². The van der Waals surface area contributed by atoms with E-state index in [0.717, 1.165) is 10.5 Å². The zero-order valence-electron chi connectivity index (χ0n) is 20.5. The number of thioether (sulfide) groups is 1. The van der Waals surface area contributed by atoms with E-state index in [1.54, 1.807) is 66.7 Å². The molecule has 5 aromatic rings. The van der Waals surface area contributed by atoms with E-state index < -0.39 is 11.9 Å². The first kappa shape index (κ1) is 27.7. The van der Waals surface area contributed by atoms with Gasteiger partial charge in [-0.15, -0.1) is 23.1 Å². The van der Waals surface area contributed by atoms with Gasteiger partial charge in [-0.1, -0.05) is 53.5 Å². The zero-order valence-corrected chi connectivity index (χ0v) is 23.6. The highest BCUT2D eigenvalue weighted by molar-refractivity contribution is 8.00. The van der Waals surface area contributed by atoms with E-state index in [9.17, 15) is 19.5 Å². The van der Waals surface area contributed by atoms with Gasteiger partial charge in [-0.25, -0.2) is 9.78 Å². The molecule has 0 fully saturated rings. The molecule has 0 radical (unpaired) electrons. The molecule has 7 nitrogen and oxygen atoms in total. The van der Waals surface area contributed by atoms with Gasteiger partial charge in [0.05, 0.1) is 27.1 Å². The van der Waals surface area contributed by atoms with Crippen molar-refractivity contribution in [1.29, 1.82) is 0 Å². The average molecular weight is 609 g/mol. The number of halogens is 2. The summed E-state index contributed by atoms with van der Waals surface area (Å²) in [6, 6.07) is 22.3. The maximum Gasteiger partial charge on any atom is 0.336 e. The van der Waals surface area contributed by atoms with Crippen LogP contribution in [0, 0.1) is 0 Å². The Hall–Kier alpha value is -3.89. The number of amides is 2. The number of fused-ring (bicyclic) bond motifs is 1. The third kappa shape index (κ3) is 6.29. The molecule has 11 heteroatoms. The van der Waals surface area contributed by atoms with Crippen molar-refractivity contribution in [3.05, 3.63) is 105 Å². The van der Waals surface area contributed by atoms with Gasteiger partial charge in [-0.2, -0.15) is 0 Å². The van der Waals surface area contributed by atoms with Crippen molar-refractivity contribution in [3.8, 4) is 11.3 Å². The lowest BCUT2D eigenvalue weighted by atomic mass is 9.98. The summed E-state index contributed by atoms with van der Waals surface area (Å²) in [6.45, 7) is 0. The van der Waals surface area contributed by atoms with E-state index >= 15 is 0 Å². The number of carboxylic acids is 1. The number of rotatable bonds is 8. The molecule has 0 bridgehead atoms. The summed E-state index contributed by atoms with van der Waals surface area (Å²) in [5, 5.41) is 19.4. The highest BCUT2D eigenvalue weighted by Gasteiger charge is 2.17. The molecule has 3 N–H and O–H groups in total. The summed E-state index contributed by atoms with van der Waals surface area (Å²) in [6.07, 6.45) is 0. The first-order valence-corrected chi connectivity index (χ1v) is 14.4. The quantitative estimate of drug-likeness (QED) is 0.154. The standard InChI is InChI=1S/C29H19Cl2N3O4S2/c30-22-12-7-17(13-23(22)31)24-14-40-29(33-24)34-25(35)15-39-19-10-8-18(9-11-19)32-27(36)20-5-1-3-16-4-2-6-21(26(16)20)28(37)38/h1-14H,15H2,(H,32,36)(H,37,38)(H,33,34,35). The lowest BCUT2D eigenvalue weighted by Gasteiger charge is -2.11. The van der Waals surface area contributed by atoms with Crippen LogP contribution in [0.15, 0.2) is 89.1 Å². The van der Waals surface area contributed by atoms with Gasteiger partial charge in [-0.3, -0.25) is 9.59 Å². The van der Waals surface area contributed by atoms with Gasteiger partial charge >= 0.3 is 5.97 Å². The molecule has 40 heavy (non-hydrogen) atoms. The lowest BCUT2D eigenvalue weighted by Crippen LogP contribution is -2.14. The Morgan fingerprint density at radius 2 is 1.60 bits per heavy atom. The second-order valence-corrected chi connectivity index (χ2v) is 11.2. The molecule has 0 aliphatic rings. The second kappa shape index (κ2) is 12.1. The van der Waals surface area contributed by atoms with E-state index in [1.165, 1.54) is 29.2 Å². The Labute approximate surface area is 247 Å². The summed E-state index contributed by atoms with van der Waals surface area (Å²) < 4.78 is 0. The van der Waals surface area contributed by atoms with Gasteiger partial charge in [0.1, 0.15) is 0 Å². The highest BCUT2D eigenvalue weighted by Crippen LogP contribution is 2.31. The molecule has 1 heterocycles. The fraction of sp³-hybridized carbons (Fsp3) is 0.0345. The molecule has 1 aromatic heterocycles. The third-order valence-electron chi connectivity index (χ3n) is 5.83. The number of carboxylic acid groups (broad SMARTS) is 1. The van der Waals surface area contributed by atoms with Gasteiger partial charge in [0, 0.05) is 32.5 Å². The van der Waals surface area contributed by atoms with Crippen LogP contribution < -0.4 is 10.6 Å². The molecule has 0 spiro atoms. The molecule has 5 rings (SSSR count). The van der Waals surface area contributed by atoms with Crippen LogP contribution in [0.25, 0.3) is 22.0 Å². The van der Waals surface area contributed by atoms with Gasteiger partial charge in [-0.05, 0) is 53.9 Å². The molecule has 0 aliphatic heterocycles. The molecule has 0 atom stereocenters. The number of anilines is 2. The minimum absolute atomic E-state index is 0.0663. The maximum atomic E-state index is 13.0. The second-order valence-electron chi connectivity index (χ2n) is 8.50. The molecule has 200 valence electrons. The number of thiazole rings is 1. The number of hydrogen-bond donors (Lipinski definition) is 3. The minimum Gasteiger partial charge on any atom is -0.478 e. The maximum absolute atomic E-state index is 13.0. The largest absolute Gasteiger partial charge is 0.478 e. The van der Waals surface area contributed by atoms with Crippen molar-refractivity contribution < 1.29 is 19.5 Å². The van der Waals surface area contributed by atoms with Crippen LogP contribution in [-0.4, -0.2) is 33.6 Å². The van der Waals surface area contributed by atoms with Crippen molar-refractivity contribution in [2.45, 2.75) is 4.90 Å². The van der Waals surface area contributed by atoms with E-state index in [4.69, 9.17) is 23.2 Å². The van der Waals surface area contributed by atoms with Crippen molar-refractivity contribution in [1.82, 2.24) is 4.98 Å². The number of hydrogen-bond acceptors (Lipinski definition) is 6. The summed E-state index contributed by atoms with van der Waals surface area (Å²) in [5.41, 5.74) is 2.37. The van der Waals surface area contributed by atoms with Crippen molar-refractivity contribution in [2.75, 3.05) is 16.4 Å². The van der Waals surface area contributed by atoms with Crippen LogP contribution in [0.5, 0.6) is 0 Å². The normalized spacial score (nSPS) is 10.8. The Morgan fingerprint density at radius 3 is 2.30 bits per heavy atom. The van der Waals surface area contributed by atoms with Gasteiger partial charge in [0.15, 0.2) is 5.13 Å². The van der Waals surface area contributed by atoms with Crippen LogP contribution in [0.3, 0.4) is 0 Å². The number of carbonyl (C=O) groups excluding carboxylic acids is 2. The predicted molar refractivity (Wildman–Crippen MR) is 162 cm³/mol. The summed E-state index contributed by atoms with van der Waals surface area (Å²) in [4.78, 5) is 42.5. The summed E-state index contributed by atoms with van der Waals surface area (Å²) >= 11 is 14.7. The molecule has 4 aromatic carbocycles. The van der Waals surface area contributed by atoms with Crippen LogP contribution in [-0.2, 0) is 4.79 Å². The Morgan fingerprint density at radius 1 is 0.875 bits per heavy atom. The Kier molecular flexibility index (Phi) is 8.37. The van der Waals surface area contributed by atoms with Crippen molar-refractivity contribution in [3.63, 3.8) is 0 Å². The minimum atomic E-state index is -1.10. The molecular formula is C29H19Cl2N3O4S2. The first-order chi connectivity index (χ1) is 19.3. The SMILES string of the molecule is O=C(CSc1ccc(NC(=O)c2cccc3cccc(C(=O)O)c23)cc1)Nc1nc(-c2ccc(Cl)c(Cl)c2)cs1. The van der Waals surface area contributed by atoms with E-state index in [1.807, 2.05) is 11.4 Å². The number of benzene rings is 4. The lowest BCUT2D eigenvalue weighted by molar-refractivity contribution is -0.113. The predicted octanol–water partition coefficient (Wildman–Crippen LogP) is 7.95. The van der Waals surface area contributed by atoms with E-state index in [-0.39, 0.29) is 22.8 Å². The van der Waals surface area contributed by atoms with Crippen LogP contribution >= 0.6 is 46.3 Å². The average Bonchev–Trinajstić information content (AvgIpc) is 3.41. The zero-order chi connectivity index (χ0) is 28.2. The van der Waals surface area contributed by atoms with Crippen molar-refractivity contribution in [2.24, 2.45) is 0 Å². The number of aromatic carboxylic acids is 1. The van der Waals surface area contributed by atoms with Crippen LogP contribution in [0.1, 0.15) is 20.7 Å². The highest BCUT2D eigenvalue weighted by atomic mass is 35.5. The van der Waals surface area contributed by atoms with E-state index in [0.29, 0.717) is 37.3 Å². The number of nitrogens with one attached hydrogen (secondary N) is 2. The van der Waals surface area contributed by atoms with Gasteiger partial charge < -0.3 is 15.7 Å². The van der Waals surface area contributed by atoms with Crippen LogP contribution in [0.2, 0.25) is 10.0 Å². The van der Waals surface area contributed by atoms with Crippen LogP contribution in [0.4, 0.5) is 10.8 Å². The molecule has 0 saturated heterocycles. The number of carbonyl (C=O) groups is 3. The number of nitrogens with zero attached hydrogens (tertiary/aromatic N) is 1. The fourth-order valence-electron chi connectivity index (χ4n) is 3.96. The fourth-order valence-corrected chi connectivity index (χ4v) is 5.70. The first-order valence-electron chi connectivity index (χ1n) is 11.8. The third-order valence-corrected chi connectivity index (χ3v) is 8.34. The van der Waals surface area contributed by atoms with E-state index in [2.05, 4.69) is 15.6 Å². The molecule has 0 unspecified atom stereocenters. The molecule has 0 saturated carbocycles. The monoisotopic (exact) mass is 607 g/mol. The Bertz CT molecular complexity index is 1750. The molecule has 2 amide bonds.